The van der Waals surface area contributed by atoms with Crippen molar-refractivity contribution >= 4 is 23.0 Å². The number of ether oxygens (including phenoxy) is 2. The second-order valence-corrected chi connectivity index (χ2v) is 6.62. The molecule has 0 amide bonds. The third-order valence-corrected chi connectivity index (χ3v) is 3.10. The van der Waals surface area contributed by atoms with Gasteiger partial charge in [0.1, 0.15) is 11.7 Å². The van der Waals surface area contributed by atoms with Crippen molar-refractivity contribution in [2.24, 2.45) is 0 Å². The molecule has 0 aliphatic heterocycles. The molecule has 0 fully saturated rings. The van der Waals surface area contributed by atoms with Gasteiger partial charge in [-0.05, 0) is 40.7 Å². The maximum atomic E-state index is 12.6. The molecule has 0 bridgehead atoms. The minimum atomic E-state index is -0.742. The molecule has 0 radical (unpaired) electrons. The molecule has 0 atom stereocenters. The summed E-state index contributed by atoms with van der Waals surface area (Å²) in [5.41, 5.74) is -0.322. The highest BCUT2D eigenvalue weighted by Crippen LogP contribution is 2.27. The van der Waals surface area contributed by atoms with Crippen LogP contribution in [0.15, 0.2) is 24.3 Å². The van der Waals surface area contributed by atoms with Crippen LogP contribution in [0.25, 0.3) is 10.9 Å². The average molecular weight is 328 g/mol. The number of esters is 1. The second kappa shape index (κ2) is 6.36. The molecular formula is C18H20N2O4. The highest BCUT2D eigenvalue weighted by atomic mass is 16.6. The van der Waals surface area contributed by atoms with Crippen molar-refractivity contribution in [1.29, 1.82) is 5.26 Å². The molecule has 126 valence electrons. The number of hydrogen-bond donors (Lipinski definition) is 0. The van der Waals surface area contributed by atoms with E-state index in [1.54, 1.807) is 58.9 Å². The summed E-state index contributed by atoms with van der Waals surface area (Å²) in [6.45, 7) is 8.59. The topological polar surface area (TPSA) is 81.3 Å². The van der Waals surface area contributed by atoms with Gasteiger partial charge >= 0.3 is 12.1 Å². The molecule has 1 aromatic carbocycles. The zero-order valence-electron chi connectivity index (χ0n) is 14.4. The van der Waals surface area contributed by atoms with Gasteiger partial charge in [0.25, 0.3) is 0 Å². The molecule has 0 saturated carbocycles. The molecule has 0 aliphatic carbocycles. The van der Waals surface area contributed by atoms with E-state index in [4.69, 9.17) is 9.47 Å². The number of hydrogen-bond acceptors (Lipinski definition) is 5. The van der Waals surface area contributed by atoms with Gasteiger partial charge in [-0.2, -0.15) is 5.26 Å². The fourth-order valence-electron chi connectivity index (χ4n) is 2.31. The quantitative estimate of drug-likeness (QED) is 0.782. The Morgan fingerprint density at radius 2 is 1.83 bits per heavy atom. The van der Waals surface area contributed by atoms with E-state index in [-0.39, 0.29) is 17.4 Å². The number of benzene rings is 1. The van der Waals surface area contributed by atoms with E-state index >= 15 is 0 Å². The molecule has 0 aliphatic rings. The highest BCUT2D eigenvalue weighted by molar-refractivity contribution is 6.05. The van der Waals surface area contributed by atoms with E-state index in [2.05, 4.69) is 0 Å². The van der Waals surface area contributed by atoms with Crippen molar-refractivity contribution in [2.45, 2.75) is 46.3 Å². The molecule has 1 aromatic heterocycles. The summed E-state index contributed by atoms with van der Waals surface area (Å²) in [6, 6.07) is 8.80. The molecule has 6 heteroatoms. The lowest BCUT2D eigenvalue weighted by Crippen LogP contribution is -2.29. The maximum Gasteiger partial charge on any atom is 0.419 e. The van der Waals surface area contributed by atoms with Crippen LogP contribution in [0.1, 0.15) is 50.7 Å². The second-order valence-electron chi connectivity index (χ2n) is 6.62. The van der Waals surface area contributed by atoms with Crippen molar-refractivity contribution in [2.75, 3.05) is 0 Å². The SMILES string of the molecule is CC(C)OC(=O)c1c(C#N)c2ccccc2n1C(=O)OC(C)(C)C. The summed E-state index contributed by atoms with van der Waals surface area (Å²) in [5, 5.41) is 10.0. The normalized spacial score (nSPS) is 11.4. The van der Waals surface area contributed by atoms with Crippen LogP contribution in [-0.2, 0) is 9.47 Å². The van der Waals surface area contributed by atoms with E-state index in [9.17, 15) is 14.9 Å². The van der Waals surface area contributed by atoms with Gasteiger partial charge in [0.2, 0.25) is 0 Å². The smallest absolute Gasteiger partial charge is 0.419 e. The predicted octanol–water partition coefficient (Wildman–Crippen LogP) is 3.86. The molecule has 1 heterocycles. The van der Waals surface area contributed by atoms with Gasteiger partial charge in [0.15, 0.2) is 5.69 Å². The van der Waals surface area contributed by atoms with Crippen LogP contribution in [-0.4, -0.2) is 28.3 Å². The van der Waals surface area contributed by atoms with Crippen LogP contribution in [0.5, 0.6) is 0 Å². The minimum Gasteiger partial charge on any atom is -0.458 e. The number of nitriles is 1. The molecule has 6 nitrogen and oxygen atoms in total. The maximum absolute atomic E-state index is 12.6. The minimum absolute atomic E-state index is 0.0992. The van der Waals surface area contributed by atoms with Gasteiger partial charge in [-0.3, -0.25) is 0 Å². The lowest BCUT2D eigenvalue weighted by atomic mass is 10.1. The Bertz CT molecular complexity index is 835. The fraction of sp³-hybridized carbons (Fsp3) is 0.389. The number of fused-ring (bicyclic) bond motifs is 1. The summed E-state index contributed by atoms with van der Waals surface area (Å²) in [5.74, 6) is -0.733. The third-order valence-electron chi connectivity index (χ3n) is 3.10. The first-order valence-electron chi connectivity index (χ1n) is 7.63. The van der Waals surface area contributed by atoms with E-state index in [1.807, 2.05) is 6.07 Å². The van der Waals surface area contributed by atoms with Crippen molar-refractivity contribution < 1.29 is 19.1 Å². The van der Waals surface area contributed by atoms with Crippen molar-refractivity contribution in [3.8, 4) is 6.07 Å². The summed E-state index contributed by atoms with van der Waals surface area (Å²) >= 11 is 0. The molecule has 2 rings (SSSR count). The lowest BCUT2D eigenvalue weighted by Gasteiger charge is -2.20. The largest absolute Gasteiger partial charge is 0.458 e. The van der Waals surface area contributed by atoms with E-state index < -0.39 is 17.7 Å². The zero-order valence-corrected chi connectivity index (χ0v) is 14.4. The number of carbonyl (C=O) groups excluding carboxylic acids is 2. The first-order valence-corrected chi connectivity index (χ1v) is 7.63. The molecule has 24 heavy (non-hydrogen) atoms. The molecular weight excluding hydrogens is 308 g/mol. The number of para-hydroxylation sites is 1. The van der Waals surface area contributed by atoms with Gasteiger partial charge in [0.05, 0.1) is 17.2 Å². The Kier molecular flexibility index (Phi) is 4.65. The van der Waals surface area contributed by atoms with Crippen LogP contribution >= 0.6 is 0 Å². The Balaban J connectivity index is 2.73. The summed E-state index contributed by atoms with van der Waals surface area (Å²) in [6.07, 6.45) is -1.11. The van der Waals surface area contributed by atoms with Crippen LogP contribution in [0.4, 0.5) is 4.79 Å². The van der Waals surface area contributed by atoms with Crippen LogP contribution < -0.4 is 0 Å². The lowest BCUT2D eigenvalue weighted by molar-refractivity contribution is 0.0340. The summed E-state index contributed by atoms with van der Waals surface area (Å²) in [4.78, 5) is 25.1. The van der Waals surface area contributed by atoms with Crippen molar-refractivity contribution in [1.82, 2.24) is 4.57 Å². The highest BCUT2D eigenvalue weighted by Gasteiger charge is 2.30. The van der Waals surface area contributed by atoms with Crippen LogP contribution in [0.2, 0.25) is 0 Å². The Morgan fingerprint density at radius 3 is 2.38 bits per heavy atom. The summed E-state index contributed by atoms with van der Waals surface area (Å²) in [7, 11) is 0. The number of nitrogens with zero attached hydrogens (tertiary/aromatic N) is 2. The molecule has 0 N–H and O–H groups in total. The van der Waals surface area contributed by atoms with Gasteiger partial charge in [-0.15, -0.1) is 0 Å². The Hall–Kier alpha value is -2.81. The number of aromatic nitrogens is 1. The fourth-order valence-corrected chi connectivity index (χ4v) is 2.31. The number of carbonyl (C=O) groups is 2. The van der Waals surface area contributed by atoms with Gasteiger partial charge in [-0.25, -0.2) is 14.2 Å². The third kappa shape index (κ3) is 3.40. The molecule has 2 aromatic rings. The monoisotopic (exact) mass is 328 g/mol. The average Bonchev–Trinajstić information content (AvgIpc) is 2.79. The van der Waals surface area contributed by atoms with E-state index in [0.717, 1.165) is 4.57 Å². The molecule has 0 spiro atoms. The standard InChI is InChI=1S/C18H20N2O4/c1-11(2)23-16(21)15-13(10-19)12-8-6-7-9-14(12)20(15)17(22)24-18(3,4)5/h6-9,11H,1-5H3. The van der Waals surface area contributed by atoms with Gasteiger partial charge in [0, 0.05) is 5.39 Å². The van der Waals surface area contributed by atoms with Crippen LogP contribution in [0, 0.1) is 11.3 Å². The van der Waals surface area contributed by atoms with Crippen LogP contribution in [0.3, 0.4) is 0 Å². The first-order chi connectivity index (χ1) is 11.2. The van der Waals surface area contributed by atoms with Gasteiger partial charge < -0.3 is 9.47 Å². The molecule has 0 saturated heterocycles. The Morgan fingerprint density at radius 1 is 1.21 bits per heavy atom. The molecule has 0 unspecified atom stereocenters. The van der Waals surface area contributed by atoms with E-state index in [1.165, 1.54) is 0 Å². The zero-order chi connectivity index (χ0) is 18.1. The van der Waals surface area contributed by atoms with Crippen molar-refractivity contribution in [3.05, 3.63) is 35.5 Å². The summed E-state index contributed by atoms with van der Waals surface area (Å²) < 4.78 is 11.7. The Labute approximate surface area is 140 Å². The number of rotatable bonds is 2. The first kappa shape index (κ1) is 17.5. The van der Waals surface area contributed by atoms with Gasteiger partial charge in [-0.1, -0.05) is 18.2 Å². The van der Waals surface area contributed by atoms with E-state index in [0.29, 0.717) is 10.9 Å². The predicted molar refractivity (Wildman–Crippen MR) is 88.8 cm³/mol. The van der Waals surface area contributed by atoms with Crippen molar-refractivity contribution in [3.63, 3.8) is 0 Å².